The summed E-state index contributed by atoms with van der Waals surface area (Å²) in [5, 5.41) is 26.4. The Balaban J connectivity index is 2.40. The van der Waals surface area contributed by atoms with E-state index in [-0.39, 0.29) is 17.6 Å². The van der Waals surface area contributed by atoms with Crippen LogP contribution in [0.25, 0.3) is 11.0 Å². The minimum Gasteiger partial charge on any atom is -0.478 e. The zero-order valence-corrected chi connectivity index (χ0v) is 12.4. The van der Waals surface area contributed by atoms with Crippen molar-refractivity contribution in [2.75, 3.05) is 18.5 Å². The fourth-order valence-electron chi connectivity index (χ4n) is 2.17. The van der Waals surface area contributed by atoms with Crippen LogP contribution in [0.4, 0.5) is 5.69 Å². The van der Waals surface area contributed by atoms with Crippen LogP contribution in [-0.4, -0.2) is 44.1 Å². The smallest absolute Gasteiger partial charge is 0.339 e. The number of aromatic carboxylic acids is 1. The zero-order valence-electron chi connectivity index (χ0n) is 12.4. The van der Waals surface area contributed by atoms with Crippen molar-refractivity contribution in [3.8, 4) is 0 Å². The quantitative estimate of drug-likeness (QED) is 0.745. The van der Waals surface area contributed by atoms with Crippen molar-refractivity contribution < 1.29 is 15.0 Å². The second kappa shape index (κ2) is 5.69. The Labute approximate surface area is 122 Å². The molecule has 114 valence electrons. The summed E-state index contributed by atoms with van der Waals surface area (Å²) in [4.78, 5) is 15.5. The number of rotatable bonds is 6. The Morgan fingerprint density at radius 1 is 1.43 bits per heavy atom. The molecule has 0 aliphatic heterocycles. The fourth-order valence-corrected chi connectivity index (χ4v) is 2.17. The van der Waals surface area contributed by atoms with E-state index in [4.69, 9.17) is 5.11 Å². The average Bonchev–Trinajstić information content (AvgIpc) is 2.78. The van der Waals surface area contributed by atoms with E-state index in [1.165, 1.54) is 6.20 Å². The van der Waals surface area contributed by atoms with E-state index in [1.807, 2.05) is 13.8 Å². The van der Waals surface area contributed by atoms with Gasteiger partial charge >= 0.3 is 5.97 Å². The molecule has 0 bridgehead atoms. The molecule has 0 saturated carbocycles. The van der Waals surface area contributed by atoms with Gasteiger partial charge in [0.1, 0.15) is 5.56 Å². The number of carboxylic acids is 1. The van der Waals surface area contributed by atoms with Crippen LogP contribution in [0.5, 0.6) is 0 Å². The molecule has 2 aromatic rings. The van der Waals surface area contributed by atoms with Crippen LogP contribution < -0.4 is 5.32 Å². The number of aromatic nitrogens is 3. The molecule has 2 heterocycles. The maximum absolute atomic E-state index is 11.4. The van der Waals surface area contributed by atoms with Crippen LogP contribution in [-0.2, 0) is 7.05 Å². The molecule has 0 amide bonds. The number of carbonyl (C=O) groups is 1. The van der Waals surface area contributed by atoms with E-state index < -0.39 is 5.97 Å². The molecule has 0 aliphatic rings. The molecule has 0 spiro atoms. The lowest BCUT2D eigenvalue weighted by Gasteiger charge is -2.25. The van der Waals surface area contributed by atoms with Gasteiger partial charge in [-0.05, 0) is 11.8 Å². The van der Waals surface area contributed by atoms with Crippen LogP contribution in [0.15, 0.2) is 12.4 Å². The number of aryl methyl sites for hydroxylation is 1. The van der Waals surface area contributed by atoms with Gasteiger partial charge < -0.3 is 15.5 Å². The minimum absolute atomic E-state index is 0.0963. The van der Waals surface area contributed by atoms with Crippen molar-refractivity contribution in [1.82, 2.24) is 14.8 Å². The Morgan fingerprint density at radius 3 is 2.76 bits per heavy atom. The molecular weight excluding hydrogens is 272 g/mol. The molecule has 3 N–H and O–H groups in total. The van der Waals surface area contributed by atoms with E-state index in [0.717, 1.165) is 0 Å². The van der Waals surface area contributed by atoms with Crippen molar-refractivity contribution in [2.24, 2.45) is 12.5 Å². The monoisotopic (exact) mass is 292 g/mol. The van der Waals surface area contributed by atoms with Crippen LogP contribution in [0.3, 0.4) is 0 Å². The standard InChI is InChI=1S/C14H20N4O3/c1-14(2,4-5-19)8-16-11-9-7-17-18(3)12(9)15-6-10(11)13(20)21/h6-7,19H,4-5,8H2,1-3H3,(H,15,16)(H,20,21). The van der Waals surface area contributed by atoms with Gasteiger partial charge in [-0.25, -0.2) is 9.78 Å². The summed E-state index contributed by atoms with van der Waals surface area (Å²) in [6.07, 6.45) is 3.58. The van der Waals surface area contributed by atoms with Crippen LogP contribution in [0.2, 0.25) is 0 Å². The molecule has 21 heavy (non-hydrogen) atoms. The molecule has 7 nitrogen and oxygen atoms in total. The lowest BCUT2D eigenvalue weighted by molar-refractivity contribution is 0.0697. The van der Waals surface area contributed by atoms with Gasteiger partial charge in [-0.3, -0.25) is 4.68 Å². The average molecular weight is 292 g/mol. The third-order valence-corrected chi connectivity index (χ3v) is 3.52. The summed E-state index contributed by atoms with van der Waals surface area (Å²) in [5.74, 6) is -1.03. The summed E-state index contributed by atoms with van der Waals surface area (Å²) in [6, 6.07) is 0. The van der Waals surface area contributed by atoms with Gasteiger partial charge in [-0.1, -0.05) is 13.8 Å². The molecular formula is C14H20N4O3. The van der Waals surface area contributed by atoms with Crippen molar-refractivity contribution in [3.63, 3.8) is 0 Å². The summed E-state index contributed by atoms with van der Waals surface area (Å²) in [7, 11) is 1.76. The molecule has 0 aliphatic carbocycles. The second-order valence-corrected chi connectivity index (χ2v) is 5.85. The summed E-state index contributed by atoms with van der Waals surface area (Å²) >= 11 is 0. The highest BCUT2D eigenvalue weighted by molar-refractivity contribution is 6.03. The van der Waals surface area contributed by atoms with E-state index in [9.17, 15) is 9.90 Å². The number of hydrogen-bond acceptors (Lipinski definition) is 5. The maximum atomic E-state index is 11.4. The Hall–Kier alpha value is -2.15. The molecule has 0 saturated heterocycles. The number of carboxylic acid groups (broad SMARTS) is 1. The second-order valence-electron chi connectivity index (χ2n) is 5.85. The number of anilines is 1. The zero-order chi connectivity index (χ0) is 15.6. The largest absolute Gasteiger partial charge is 0.478 e. The van der Waals surface area contributed by atoms with E-state index in [0.29, 0.717) is 29.7 Å². The van der Waals surface area contributed by atoms with Gasteiger partial charge in [0, 0.05) is 26.4 Å². The fraction of sp³-hybridized carbons (Fsp3) is 0.500. The molecule has 0 atom stereocenters. The first kappa shape index (κ1) is 15.2. The SMILES string of the molecule is Cn1ncc2c(NCC(C)(C)CCO)c(C(=O)O)cnc21. The molecule has 0 fully saturated rings. The normalized spacial score (nSPS) is 11.8. The third-order valence-electron chi connectivity index (χ3n) is 3.52. The number of aliphatic hydroxyl groups is 1. The van der Waals surface area contributed by atoms with Gasteiger partial charge in [0.2, 0.25) is 0 Å². The van der Waals surface area contributed by atoms with Gasteiger partial charge in [0.25, 0.3) is 0 Å². The Bertz CT molecular complexity index is 664. The molecule has 7 heteroatoms. The number of fused-ring (bicyclic) bond motifs is 1. The first-order valence-electron chi connectivity index (χ1n) is 6.74. The molecule has 2 aromatic heterocycles. The summed E-state index contributed by atoms with van der Waals surface area (Å²) in [6.45, 7) is 4.66. The van der Waals surface area contributed by atoms with Crippen molar-refractivity contribution >= 4 is 22.7 Å². The summed E-state index contributed by atoms with van der Waals surface area (Å²) in [5.41, 5.74) is 1.12. The first-order chi connectivity index (χ1) is 9.85. The van der Waals surface area contributed by atoms with Crippen LogP contribution in [0.1, 0.15) is 30.6 Å². The van der Waals surface area contributed by atoms with E-state index >= 15 is 0 Å². The van der Waals surface area contributed by atoms with Crippen molar-refractivity contribution in [3.05, 3.63) is 18.0 Å². The van der Waals surface area contributed by atoms with Crippen molar-refractivity contribution in [1.29, 1.82) is 0 Å². The van der Waals surface area contributed by atoms with E-state index in [2.05, 4.69) is 15.4 Å². The molecule has 2 rings (SSSR count). The minimum atomic E-state index is -1.03. The highest BCUT2D eigenvalue weighted by atomic mass is 16.4. The number of pyridine rings is 1. The third kappa shape index (κ3) is 3.13. The summed E-state index contributed by atoms with van der Waals surface area (Å²) < 4.78 is 1.60. The van der Waals surface area contributed by atoms with Crippen molar-refractivity contribution in [2.45, 2.75) is 20.3 Å². The topological polar surface area (TPSA) is 100 Å². The number of hydrogen-bond donors (Lipinski definition) is 3. The molecule has 0 aromatic carbocycles. The van der Waals surface area contributed by atoms with Gasteiger partial charge in [-0.15, -0.1) is 0 Å². The number of nitrogens with one attached hydrogen (secondary N) is 1. The predicted molar refractivity (Wildman–Crippen MR) is 79.4 cm³/mol. The lowest BCUT2D eigenvalue weighted by atomic mass is 9.89. The van der Waals surface area contributed by atoms with Gasteiger partial charge in [0.05, 0.1) is 17.3 Å². The predicted octanol–water partition coefficient (Wildman–Crippen LogP) is 1.49. The highest BCUT2D eigenvalue weighted by Gasteiger charge is 2.21. The van der Waals surface area contributed by atoms with Crippen LogP contribution in [0, 0.1) is 5.41 Å². The highest BCUT2D eigenvalue weighted by Crippen LogP contribution is 2.28. The first-order valence-corrected chi connectivity index (χ1v) is 6.74. The van der Waals surface area contributed by atoms with Gasteiger partial charge in [0.15, 0.2) is 5.65 Å². The Kier molecular flexibility index (Phi) is 4.13. The molecule has 0 unspecified atom stereocenters. The maximum Gasteiger partial charge on any atom is 0.339 e. The van der Waals surface area contributed by atoms with E-state index in [1.54, 1.807) is 17.9 Å². The Morgan fingerprint density at radius 2 is 2.14 bits per heavy atom. The molecule has 0 radical (unpaired) electrons. The van der Waals surface area contributed by atoms with Gasteiger partial charge in [-0.2, -0.15) is 5.10 Å². The number of aliphatic hydroxyl groups excluding tert-OH is 1. The number of nitrogens with zero attached hydrogens (tertiary/aromatic N) is 3. The lowest BCUT2D eigenvalue weighted by Crippen LogP contribution is -2.25. The van der Waals surface area contributed by atoms with Crippen LogP contribution >= 0.6 is 0 Å².